The van der Waals surface area contributed by atoms with Crippen LogP contribution in [0.15, 0.2) is 59.7 Å². The second-order valence-electron chi connectivity index (χ2n) is 4.32. The van der Waals surface area contributed by atoms with Gasteiger partial charge in [-0.25, -0.2) is 4.39 Å². The molecule has 0 aliphatic rings. The minimum atomic E-state index is -0.656. The van der Waals surface area contributed by atoms with Crippen molar-refractivity contribution in [2.75, 3.05) is 0 Å². The third-order valence-corrected chi connectivity index (χ3v) is 2.96. The highest BCUT2D eigenvalue weighted by atomic mass is 19.1. The molecule has 0 aliphatic carbocycles. The van der Waals surface area contributed by atoms with Crippen molar-refractivity contribution in [3.63, 3.8) is 0 Å². The lowest BCUT2D eigenvalue weighted by atomic mass is 10.2. The summed E-state index contributed by atoms with van der Waals surface area (Å²) in [4.78, 5) is 8.47. The molecule has 0 saturated carbocycles. The average Bonchev–Trinajstić information content (AvgIpc) is 2.48. The number of benzene rings is 2. The number of para-hydroxylation sites is 1. The standard InChI is InChI=1S/C16H11FN2O/c17-14-5-1-3-12(16(14)20)10-19-13-6-7-15-11(9-13)4-2-8-18-15/h1-10,20H. The Bertz CT molecular complexity index is 799. The molecule has 0 bridgehead atoms. The highest BCUT2D eigenvalue weighted by Crippen LogP contribution is 2.22. The maximum absolute atomic E-state index is 13.2. The molecule has 0 radical (unpaired) electrons. The van der Waals surface area contributed by atoms with Crippen molar-refractivity contribution in [3.05, 3.63) is 66.1 Å². The smallest absolute Gasteiger partial charge is 0.165 e. The number of hydrogen-bond acceptors (Lipinski definition) is 3. The molecule has 0 atom stereocenters. The third-order valence-electron chi connectivity index (χ3n) is 2.96. The number of halogens is 1. The Kier molecular flexibility index (Phi) is 3.13. The van der Waals surface area contributed by atoms with E-state index < -0.39 is 11.6 Å². The molecule has 0 fully saturated rings. The minimum Gasteiger partial charge on any atom is -0.504 e. The molecule has 0 aliphatic heterocycles. The van der Waals surface area contributed by atoms with Gasteiger partial charge in [-0.3, -0.25) is 9.98 Å². The zero-order valence-corrected chi connectivity index (χ0v) is 10.5. The van der Waals surface area contributed by atoms with E-state index >= 15 is 0 Å². The van der Waals surface area contributed by atoms with E-state index in [-0.39, 0.29) is 0 Å². The number of pyridine rings is 1. The van der Waals surface area contributed by atoms with E-state index in [2.05, 4.69) is 9.98 Å². The Labute approximate surface area is 115 Å². The topological polar surface area (TPSA) is 45.5 Å². The number of hydrogen-bond donors (Lipinski definition) is 1. The lowest BCUT2D eigenvalue weighted by Gasteiger charge is -2.00. The van der Waals surface area contributed by atoms with Gasteiger partial charge in [-0.15, -0.1) is 0 Å². The van der Waals surface area contributed by atoms with E-state index in [1.54, 1.807) is 12.3 Å². The van der Waals surface area contributed by atoms with Crippen LogP contribution in [0.5, 0.6) is 5.75 Å². The minimum absolute atomic E-state index is 0.344. The monoisotopic (exact) mass is 266 g/mol. The fourth-order valence-electron chi connectivity index (χ4n) is 1.92. The van der Waals surface area contributed by atoms with Crippen LogP contribution in [0.2, 0.25) is 0 Å². The first kappa shape index (κ1) is 12.3. The highest BCUT2D eigenvalue weighted by Gasteiger charge is 2.03. The van der Waals surface area contributed by atoms with Crippen LogP contribution in [0, 0.1) is 5.82 Å². The molecule has 0 amide bonds. The molecule has 0 saturated heterocycles. The van der Waals surface area contributed by atoms with Gasteiger partial charge in [0.05, 0.1) is 11.2 Å². The van der Waals surface area contributed by atoms with Crippen LogP contribution in [0.25, 0.3) is 10.9 Å². The van der Waals surface area contributed by atoms with E-state index in [0.717, 1.165) is 10.9 Å². The second-order valence-corrected chi connectivity index (χ2v) is 4.32. The molecule has 98 valence electrons. The zero-order valence-electron chi connectivity index (χ0n) is 10.5. The van der Waals surface area contributed by atoms with Crippen LogP contribution in [0.1, 0.15) is 5.56 Å². The van der Waals surface area contributed by atoms with E-state index in [9.17, 15) is 9.50 Å². The van der Waals surface area contributed by atoms with Crippen molar-refractivity contribution in [1.82, 2.24) is 4.98 Å². The van der Waals surface area contributed by atoms with Crippen LogP contribution in [0.3, 0.4) is 0 Å². The number of aliphatic imine (C=N–C) groups is 1. The van der Waals surface area contributed by atoms with Crippen LogP contribution >= 0.6 is 0 Å². The maximum Gasteiger partial charge on any atom is 0.165 e. The largest absolute Gasteiger partial charge is 0.504 e. The van der Waals surface area contributed by atoms with Crippen molar-refractivity contribution >= 4 is 22.8 Å². The quantitative estimate of drug-likeness (QED) is 0.716. The summed E-state index contributed by atoms with van der Waals surface area (Å²) in [5, 5.41) is 10.5. The SMILES string of the molecule is Oc1c(F)cccc1C=Nc1ccc2ncccc2c1. The number of nitrogens with zero attached hydrogens (tertiary/aromatic N) is 2. The molecule has 3 rings (SSSR count). The van der Waals surface area contributed by atoms with E-state index in [4.69, 9.17) is 0 Å². The van der Waals surface area contributed by atoms with Gasteiger partial charge in [0.15, 0.2) is 11.6 Å². The van der Waals surface area contributed by atoms with Gasteiger partial charge in [-0.05, 0) is 36.4 Å². The van der Waals surface area contributed by atoms with Crippen molar-refractivity contribution in [3.8, 4) is 5.75 Å². The number of aromatic hydroxyl groups is 1. The normalized spacial score (nSPS) is 11.2. The Hall–Kier alpha value is -2.75. The van der Waals surface area contributed by atoms with Crippen LogP contribution in [0.4, 0.5) is 10.1 Å². The lowest BCUT2D eigenvalue weighted by molar-refractivity contribution is 0.431. The summed E-state index contributed by atoms with van der Waals surface area (Å²) in [6, 6.07) is 13.7. The summed E-state index contributed by atoms with van der Waals surface area (Å²) in [6.07, 6.45) is 3.17. The molecule has 0 spiro atoms. The van der Waals surface area contributed by atoms with E-state index in [0.29, 0.717) is 11.3 Å². The summed E-state index contributed by atoms with van der Waals surface area (Å²) in [7, 11) is 0. The first-order valence-corrected chi connectivity index (χ1v) is 6.10. The van der Waals surface area contributed by atoms with E-state index in [1.807, 2.05) is 30.3 Å². The van der Waals surface area contributed by atoms with Gasteiger partial charge in [0, 0.05) is 23.4 Å². The van der Waals surface area contributed by atoms with Crippen molar-refractivity contribution < 1.29 is 9.50 Å². The first-order chi connectivity index (χ1) is 9.74. The first-order valence-electron chi connectivity index (χ1n) is 6.10. The number of phenolic OH excluding ortho intramolecular Hbond substituents is 1. The second kappa shape index (κ2) is 5.09. The van der Waals surface area contributed by atoms with Crippen molar-refractivity contribution in [2.45, 2.75) is 0 Å². The highest BCUT2D eigenvalue weighted by molar-refractivity contribution is 5.87. The van der Waals surface area contributed by atoms with Crippen LogP contribution < -0.4 is 0 Å². The molecule has 0 unspecified atom stereocenters. The summed E-state index contributed by atoms with van der Waals surface area (Å²) in [6.45, 7) is 0. The summed E-state index contributed by atoms with van der Waals surface area (Å²) in [5.41, 5.74) is 1.95. The fourth-order valence-corrected chi connectivity index (χ4v) is 1.92. The van der Waals surface area contributed by atoms with Gasteiger partial charge in [-0.2, -0.15) is 0 Å². The Morgan fingerprint density at radius 2 is 2.00 bits per heavy atom. The summed E-state index contributed by atoms with van der Waals surface area (Å²) >= 11 is 0. The molecule has 1 aromatic heterocycles. The predicted octanol–water partition coefficient (Wildman–Crippen LogP) is 3.83. The molecule has 1 heterocycles. The van der Waals surface area contributed by atoms with E-state index in [1.165, 1.54) is 18.3 Å². The molecular formula is C16H11FN2O. The van der Waals surface area contributed by atoms with Gasteiger partial charge in [0.1, 0.15) is 0 Å². The molecule has 2 aromatic carbocycles. The molecule has 20 heavy (non-hydrogen) atoms. The molecule has 3 nitrogen and oxygen atoms in total. The Morgan fingerprint density at radius 3 is 2.90 bits per heavy atom. The van der Waals surface area contributed by atoms with Gasteiger partial charge >= 0.3 is 0 Å². The van der Waals surface area contributed by atoms with Crippen molar-refractivity contribution in [2.24, 2.45) is 4.99 Å². The third kappa shape index (κ3) is 2.36. The Morgan fingerprint density at radius 1 is 1.10 bits per heavy atom. The molecule has 1 N–H and O–H groups in total. The lowest BCUT2D eigenvalue weighted by Crippen LogP contribution is -1.85. The van der Waals surface area contributed by atoms with Crippen LogP contribution in [-0.4, -0.2) is 16.3 Å². The molecule has 3 aromatic rings. The predicted molar refractivity (Wildman–Crippen MR) is 77.1 cm³/mol. The summed E-state index contributed by atoms with van der Waals surface area (Å²) < 4.78 is 13.2. The number of fused-ring (bicyclic) bond motifs is 1. The molecular weight excluding hydrogens is 255 g/mol. The van der Waals surface area contributed by atoms with Crippen LogP contribution in [-0.2, 0) is 0 Å². The van der Waals surface area contributed by atoms with Crippen molar-refractivity contribution in [1.29, 1.82) is 0 Å². The Balaban J connectivity index is 1.96. The average molecular weight is 266 g/mol. The van der Waals surface area contributed by atoms with Gasteiger partial charge in [0.2, 0.25) is 0 Å². The number of rotatable bonds is 2. The van der Waals surface area contributed by atoms with Gasteiger partial charge in [-0.1, -0.05) is 12.1 Å². The number of aromatic nitrogens is 1. The van der Waals surface area contributed by atoms with Gasteiger partial charge in [0.25, 0.3) is 0 Å². The number of phenols is 1. The zero-order chi connectivity index (χ0) is 13.9. The summed E-state index contributed by atoms with van der Waals surface area (Å²) in [5.74, 6) is -1.05. The maximum atomic E-state index is 13.2. The molecule has 4 heteroatoms. The van der Waals surface area contributed by atoms with Gasteiger partial charge < -0.3 is 5.11 Å². The fraction of sp³-hybridized carbons (Fsp3) is 0.